The second-order valence-corrected chi connectivity index (χ2v) is 3.11. The fraction of sp³-hybridized carbons (Fsp3) is 0. The molecule has 1 aromatic carbocycles. The Morgan fingerprint density at radius 1 is 1.18 bits per heavy atom. The number of thiol groups is 1. The summed E-state index contributed by atoms with van der Waals surface area (Å²) < 4.78 is 0. The first-order valence-electron chi connectivity index (χ1n) is 3.47. The van der Waals surface area contributed by atoms with Crippen LogP contribution in [0.5, 0.6) is 0 Å². The van der Waals surface area contributed by atoms with E-state index in [2.05, 4.69) is 24.1 Å². The Bertz CT molecular complexity index is 236. The molecular formula is C10H11S+. The zero-order chi connectivity index (χ0) is 7.94. The maximum Gasteiger partial charge on any atom is 0.157 e. The molecule has 0 saturated heterocycles. The highest BCUT2D eigenvalue weighted by Crippen LogP contribution is 2.01. The van der Waals surface area contributed by atoms with Gasteiger partial charge in [-0.1, -0.05) is 30.9 Å². The average Bonchev–Trinajstić information content (AvgIpc) is 2.07. The van der Waals surface area contributed by atoms with E-state index in [4.69, 9.17) is 0 Å². The second kappa shape index (κ2) is 4.80. The molecular weight excluding hydrogens is 152 g/mol. The highest BCUT2D eigenvalue weighted by Gasteiger charge is 1.93. The summed E-state index contributed by atoms with van der Waals surface area (Å²) in [5.41, 5.74) is 0. The Labute approximate surface area is 71.6 Å². The van der Waals surface area contributed by atoms with Crippen molar-refractivity contribution in [1.82, 2.24) is 0 Å². The largest absolute Gasteiger partial charge is 0.157 e. The molecule has 0 aliphatic heterocycles. The first-order valence-corrected chi connectivity index (χ1v) is 4.43. The van der Waals surface area contributed by atoms with E-state index in [1.165, 1.54) is 16.7 Å². The first-order chi connectivity index (χ1) is 5.43. The number of benzene rings is 1. The van der Waals surface area contributed by atoms with Crippen molar-refractivity contribution in [2.45, 2.75) is 4.90 Å². The van der Waals surface area contributed by atoms with Crippen molar-refractivity contribution in [2.24, 2.45) is 0 Å². The molecule has 0 aliphatic rings. The second-order valence-electron chi connectivity index (χ2n) is 2.04. The molecule has 0 atom stereocenters. The van der Waals surface area contributed by atoms with Gasteiger partial charge in [0.1, 0.15) is 5.41 Å². The van der Waals surface area contributed by atoms with Crippen LogP contribution in [0.2, 0.25) is 0 Å². The van der Waals surface area contributed by atoms with E-state index in [1.807, 2.05) is 24.3 Å². The summed E-state index contributed by atoms with van der Waals surface area (Å²) in [6.45, 7) is 3.60. The molecule has 0 amide bonds. The summed E-state index contributed by atoms with van der Waals surface area (Å²) in [4.78, 5) is 1.31. The zero-order valence-electron chi connectivity index (χ0n) is 6.27. The molecule has 0 unspecified atom stereocenters. The van der Waals surface area contributed by atoms with Crippen LogP contribution in [0.4, 0.5) is 0 Å². The van der Waals surface area contributed by atoms with E-state index in [-0.39, 0.29) is 0 Å². The SMILES string of the molecule is C=C/C=C/[SH+]c1ccccc1. The number of rotatable bonds is 3. The van der Waals surface area contributed by atoms with Crippen LogP contribution in [-0.2, 0) is 11.8 Å². The highest BCUT2D eigenvalue weighted by atomic mass is 32.2. The van der Waals surface area contributed by atoms with Gasteiger partial charge in [-0.15, -0.1) is 0 Å². The van der Waals surface area contributed by atoms with Gasteiger partial charge in [0, 0.05) is 11.8 Å². The molecule has 0 radical (unpaired) electrons. The van der Waals surface area contributed by atoms with Gasteiger partial charge in [0.05, 0.1) is 0 Å². The normalized spacial score (nSPS) is 10.2. The van der Waals surface area contributed by atoms with Crippen molar-refractivity contribution >= 4 is 11.8 Å². The summed E-state index contributed by atoms with van der Waals surface area (Å²) >= 11 is 1.23. The Morgan fingerprint density at radius 3 is 2.55 bits per heavy atom. The van der Waals surface area contributed by atoms with Gasteiger partial charge in [-0.2, -0.15) is 0 Å². The van der Waals surface area contributed by atoms with Crippen LogP contribution in [-0.4, -0.2) is 0 Å². The summed E-state index contributed by atoms with van der Waals surface area (Å²) in [5, 5.41) is 2.07. The van der Waals surface area contributed by atoms with E-state index < -0.39 is 0 Å². The minimum atomic E-state index is 1.23. The molecule has 0 heterocycles. The van der Waals surface area contributed by atoms with E-state index in [9.17, 15) is 0 Å². The molecule has 56 valence electrons. The topological polar surface area (TPSA) is 0 Å². The van der Waals surface area contributed by atoms with E-state index >= 15 is 0 Å². The van der Waals surface area contributed by atoms with Crippen LogP contribution in [0.1, 0.15) is 0 Å². The molecule has 1 aromatic rings. The summed E-state index contributed by atoms with van der Waals surface area (Å²) in [6, 6.07) is 10.3. The maximum atomic E-state index is 3.60. The predicted molar refractivity (Wildman–Crippen MR) is 52.8 cm³/mol. The summed E-state index contributed by atoms with van der Waals surface area (Å²) in [6.07, 6.45) is 3.74. The average molecular weight is 163 g/mol. The smallest absolute Gasteiger partial charge is 0.0989 e. The van der Waals surface area contributed by atoms with Crippen LogP contribution in [0, 0.1) is 0 Å². The zero-order valence-corrected chi connectivity index (χ0v) is 7.17. The fourth-order valence-electron chi connectivity index (χ4n) is 0.704. The molecule has 0 saturated carbocycles. The lowest BCUT2D eigenvalue weighted by molar-refractivity contribution is 1.47. The van der Waals surface area contributed by atoms with Crippen LogP contribution in [0.3, 0.4) is 0 Å². The standard InChI is InChI=1S/C10H10S/c1-2-3-9-11-10-7-5-4-6-8-10/h2-9H,1H2/p+1/b9-3+. The summed E-state index contributed by atoms with van der Waals surface area (Å²) in [7, 11) is 0. The van der Waals surface area contributed by atoms with Crippen LogP contribution in [0.15, 0.2) is 59.4 Å². The predicted octanol–water partition coefficient (Wildman–Crippen LogP) is 2.56. The van der Waals surface area contributed by atoms with Crippen LogP contribution < -0.4 is 0 Å². The molecule has 0 spiro atoms. The third kappa shape index (κ3) is 3.10. The van der Waals surface area contributed by atoms with Gasteiger partial charge in [0.15, 0.2) is 4.90 Å². The van der Waals surface area contributed by atoms with Crippen molar-refractivity contribution in [3.05, 3.63) is 54.5 Å². The number of hydrogen-bond acceptors (Lipinski definition) is 0. The van der Waals surface area contributed by atoms with Crippen LogP contribution in [0.25, 0.3) is 0 Å². The van der Waals surface area contributed by atoms with Gasteiger partial charge in [-0.25, -0.2) is 0 Å². The number of allylic oxidation sites excluding steroid dienone is 2. The molecule has 0 bridgehead atoms. The van der Waals surface area contributed by atoms with Crippen molar-refractivity contribution in [2.75, 3.05) is 0 Å². The Balaban J connectivity index is 2.51. The lowest BCUT2D eigenvalue weighted by Crippen LogP contribution is -1.74. The molecule has 0 fully saturated rings. The van der Waals surface area contributed by atoms with Crippen molar-refractivity contribution in [3.63, 3.8) is 0 Å². The third-order valence-corrected chi connectivity index (χ3v) is 2.12. The van der Waals surface area contributed by atoms with Gasteiger partial charge in [0.25, 0.3) is 0 Å². The van der Waals surface area contributed by atoms with Gasteiger partial charge < -0.3 is 0 Å². The Kier molecular flexibility index (Phi) is 3.56. The lowest BCUT2D eigenvalue weighted by Gasteiger charge is -1.82. The monoisotopic (exact) mass is 163 g/mol. The molecule has 0 aromatic heterocycles. The van der Waals surface area contributed by atoms with Gasteiger partial charge in [0.2, 0.25) is 0 Å². The minimum Gasteiger partial charge on any atom is -0.0989 e. The lowest BCUT2D eigenvalue weighted by atomic mass is 10.4. The molecule has 11 heavy (non-hydrogen) atoms. The Hall–Kier alpha value is -0.950. The maximum absolute atomic E-state index is 3.60. The number of hydrogen-bond donors (Lipinski definition) is 0. The van der Waals surface area contributed by atoms with Gasteiger partial charge >= 0.3 is 0 Å². The van der Waals surface area contributed by atoms with Gasteiger partial charge in [-0.3, -0.25) is 0 Å². The highest BCUT2D eigenvalue weighted by molar-refractivity contribution is 7.81. The minimum absolute atomic E-state index is 1.23. The van der Waals surface area contributed by atoms with Crippen LogP contribution >= 0.6 is 0 Å². The fourth-order valence-corrected chi connectivity index (χ4v) is 1.43. The molecule has 1 heteroatoms. The van der Waals surface area contributed by atoms with Crippen molar-refractivity contribution in [1.29, 1.82) is 0 Å². The van der Waals surface area contributed by atoms with E-state index in [1.54, 1.807) is 6.08 Å². The third-order valence-electron chi connectivity index (χ3n) is 1.20. The quantitative estimate of drug-likeness (QED) is 0.365. The molecule has 0 N–H and O–H groups in total. The Morgan fingerprint density at radius 2 is 1.91 bits per heavy atom. The van der Waals surface area contributed by atoms with E-state index in [0.717, 1.165) is 0 Å². The van der Waals surface area contributed by atoms with Gasteiger partial charge in [-0.05, 0) is 18.2 Å². The molecule has 1 rings (SSSR count). The summed E-state index contributed by atoms with van der Waals surface area (Å²) in [5.74, 6) is 0. The van der Waals surface area contributed by atoms with E-state index in [0.29, 0.717) is 0 Å². The molecule has 0 aliphatic carbocycles. The molecule has 0 nitrogen and oxygen atoms in total. The van der Waals surface area contributed by atoms with Crippen molar-refractivity contribution in [3.8, 4) is 0 Å². The first kappa shape index (κ1) is 8.15. The van der Waals surface area contributed by atoms with Crippen molar-refractivity contribution < 1.29 is 0 Å².